The molecule has 2 unspecified atom stereocenters. The zero-order valence-electron chi connectivity index (χ0n) is 13.8. The van der Waals surface area contributed by atoms with Gasteiger partial charge in [-0.1, -0.05) is 0 Å². The Balaban J connectivity index is 2.23. The topological polar surface area (TPSA) is 58.4 Å². The highest BCUT2D eigenvalue weighted by molar-refractivity contribution is 5.92. The van der Waals surface area contributed by atoms with Crippen LogP contribution in [-0.4, -0.2) is 44.9 Å². The summed E-state index contributed by atoms with van der Waals surface area (Å²) >= 11 is 0. The fourth-order valence-electron chi connectivity index (χ4n) is 3.02. The summed E-state index contributed by atoms with van der Waals surface area (Å²) in [7, 11) is 0. The summed E-state index contributed by atoms with van der Waals surface area (Å²) in [6.45, 7) is 11.0. The molecule has 1 aliphatic heterocycles. The second-order valence-electron chi connectivity index (χ2n) is 7.19. The van der Waals surface area contributed by atoms with Gasteiger partial charge in [0.1, 0.15) is 0 Å². The maximum atomic E-state index is 12.7. The molecular weight excluding hydrogens is 266 g/mol. The van der Waals surface area contributed by atoms with E-state index in [0.29, 0.717) is 12.2 Å². The van der Waals surface area contributed by atoms with Gasteiger partial charge in [-0.2, -0.15) is 5.10 Å². The molecular formula is C16H27N3O2. The molecule has 2 heterocycles. The standard InChI is InChI=1S/C16H27N3O2/c1-11-6-7-13(10-20)9-18(11)15(21)14-8-12(2)19(17-14)16(3,4)5/h8,11,13,20H,6-7,9-10H2,1-5H3. The SMILES string of the molecule is Cc1cc(C(=O)N2CC(CO)CCC2C)nn1C(C)(C)C. The molecule has 0 saturated carbocycles. The fraction of sp³-hybridized carbons (Fsp3) is 0.750. The van der Waals surface area contributed by atoms with Gasteiger partial charge in [0.25, 0.3) is 5.91 Å². The molecule has 1 amide bonds. The van der Waals surface area contributed by atoms with Crippen LogP contribution in [0.1, 0.15) is 56.7 Å². The number of rotatable bonds is 2. The van der Waals surface area contributed by atoms with Gasteiger partial charge >= 0.3 is 0 Å². The van der Waals surface area contributed by atoms with Gasteiger partial charge in [-0.3, -0.25) is 9.48 Å². The quantitative estimate of drug-likeness (QED) is 0.909. The number of piperidine rings is 1. The van der Waals surface area contributed by atoms with Gasteiger partial charge in [-0.05, 0) is 59.4 Å². The van der Waals surface area contributed by atoms with Crippen molar-refractivity contribution in [2.75, 3.05) is 13.2 Å². The lowest BCUT2D eigenvalue weighted by atomic mass is 9.94. The Kier molecular flexibility index (Phi) is 4.42. The predicted molar refractivity (Wildman–Crippen MR) is 82.3 cm³/mol. The van der Waals surface area contributed by atoms with Crippen molar-refractivity contribution >= 4 is 5.91 Å². The molecule has 1 saturated heterocycles. The Labute approximate surface area is 126 Å². The minimum absolute atomic E-state index is 0.0215. The van der Waals surface area contributed by atoms with E-state index in [1.165, 1.54) is 0 Å². The number of aliphatic hydroxyl groups is 1. The molecule has 0 aromatic carbocycles. The van der Waals surface area contributed by atoms with Gasteiger partial charge in [0.2, 0.25) is 0 Å². The fourth-order valence-corrected chi connectivity index (χ4v) is 3.02. The second kappa shape index (κ2) is 5.79. The third kappa shape index (κ3) is 3.28. The Morgan fingerprint density at radius 1 is 1.43 bits per heavy atom. The summed E-state index contributed by atoms with van der Waals surface area (Å²) in [5.41, 5.74) is 1.37. The lowest BCUT2D eigenvalue weighted by molar-refractivity contribution is 0.0482. The first-order valence-corrected chi connectivity index (χ1v) is 7.73. The zero-order valence-corrected chi connectivity index (χ0v) is 13.8. The number of carbonyl (C=O) groups excluding carboxylic acids is 1. The van der Waals surface area contributed by atoms with Crippen molar-refractivity contribution in [3.8, 4) is 0 Å². The molecule has 5 heteroatoms. The average molecular weight is 293 g/mol. The summed E-state index contributed by atoms with van der Waals surface area (Å²) < 4.78 is 1.90. The lowest BCUT2D eigenvalue weighted by Gasteiger charge is -2.37. The first-order chi connectivity index (χ1) is 9.74. The van der Waals surface area contributed by atoms with E-state index in [1.807, 2.05) is 22.6 Å². The van der Waals surface area contributed by atoms with Crippen LogP contribution in [0.25, 0.3) is 0 Å². The number of hydrogen-bond donors (Lipinski definition) is 1. The summed E-state index contributed by atoms with van der Waals surface area (Å²) in [6.07, 6.45) is 1.92. The van der Waals surface area contributed by atoms with Crippen LogP contribution in [0.5, 0.6) is 0 Å². The van der Waals surface area contributed by atoms with Crippen LogP contribution < -0.4 is 0 Å². The minimum Gasteiger partial charge on any atom is -0.396 e. The molecule has 1 aromatic rings. The van der Waals surface area contributed by atoms with Gasteiger partial charge in [-0.25, -0.2) is 0 Å². The van der Waals surface area contributed by atoms with E-state index in [-0.39, 0.29) is 30.0 Å². The van der Waals surface area contributed by atoms with Crippen molar-refractivity contribution in [2.24, 2.45) is 5.92 Å². The van der Waals surface area contributed by atoms with Crippen LogP contribution in [0.3, 0.4) is 0 Å². The number of aliphatic hydroxyl groups excluding tert-OH is 1. The van der Waals surface area contributed by atoms with Gasteiger partial charge in [-0.15, -0.1) is 0 Å². The Morgan fingerprint density at radius 2 is 2.10 bits per heavy atom. The molecule has 1 fully saturated rings. The van der Waals surface area contributed by atoms with Crippen molar-refractivity contribution in [1.82, 2.24) is 14.7 Å². The highest BCUT2D eigenvalue weighted by atomic mass is 16.3. The smallest absolute Gasteiger partial charge is 0.274 e. The van der Waals surface area contributed by atoms with Crippen molar-refractivity contribution in [2.45, 2.75) is 59.0 Å². The van der Waals surface area contributed by atoms with E-state index >= 15 is 0 Å². The summed E-state index contributed by atoms with van der Waals surface area (Å²) in [6, 6.07) is 2.07. The molecule has 0 radical (unpaired) electrons. The summed E-state index contributed by atoms with van der Waals surface area (Å²) in [4.78, 5) is 14.6. The molecule has 118 valence electrons. The maximum absolute atomic E-state index is 12.7. The van der Waals surface area contributed by atoms with Crippen molar-refractivity contribution in [3.05, 3.63) is 17.5 Å². The molecule has 5 nitrogen and oxygen atoms in total. The number of aryl methyl sites for hydroxylation is 1. The number of aromatic nitrogens is 2. The summed E-state index contributed by atoms with van der Waals surface area (Å²) in [5, 5.41) is 13.8. The van der Waals surface area contributed by atoms with Crippen LogP contribution in [-0.2, 0) is 5.54 Å². The Morgan fingerprint density at radius 3 is 2.62 bits per heavy atom. The lowest BCUT2D eigenvalue weighted by Crippen LogP contribution is -2.46. The van der Waals surface area contributed by atoms with Gasteiger partial charge < -0.3 is 10.0 Å². The molecule has 0 aliphatic carbocycles. The second-order valence-corrected chi connectivity index (χ2v) is 7.19. The molecule has 1 N–H and O–H groups in total. The highest BCUT2D eigenvalue weighted by Gasteiger charge is 2.31. The third-order valence-electron chi connectivity index (χ3n) is 4.24. The van der Waals surface area contributed by atoms with E-state index in [1.54, 1.807) is 0 Å². The summed E-state index contributed by atoms with van der Waals surface area (Å²) in [5.74, 6) is 0.169. The zero-order chi connectivity index (χ0) is 15.8. The van der Waals surface area contributed by atoms with E-state index < -0.39 is 0 Å². The van der Waals surface area contributed by atoms with Crippen LogP contribution in [0, 0.1) is 12.8 Å². The van der Waals surface area contributed by atoms with Crippen LogP contribution in [0.15, 0.2) is 6.07 Å². The monoisotopic (exact) mass is 293 g/mol. The van der Waals surface area contributed by atoms with Gasteiger partial charge in [0, 0.05) is 24.9 Å². The number of carbonyl (C=O) groups is 1. The Bertz CT molecular complexity index is 516. The van der Waals surface area contributed by atoms with E-state index in [4.69, 9.17) is 0 Å². The van der Waals surface area contributed by atoms with Crippen molar-refractivity contribution in [3.63, 3.8) is 0 Å². The third-order valence-corrected chi connectivity index (χ3v) is 4.24. The molecule has 2 rings (SSSR count). The highest BCUT2D eigenvalue weighted by Crippen LogP contribution is 2.24. The molecule has 0 bridgehead atoms. The molecule has 1 aliphatic rings. The Hall–Kier alpha value is -1.36. The molecule has 2 atom stereocenters. The van der Waals surface area contributed by atoms with Crippen molar-refractivity contribution < 1.29 is 9.90 Å². The molecule has 0 spiro atoms. The first kappa shape index (κ1) is 16.0. The van der Waals surface area contributed by atoms with E-state index in [2.05, 4.69) is 32.8 Å². The minimum atomic E-state index is -0.135. The van der Waals surface area contributed by atoms with Gasteiger partial charge in [0.05, 0.1) is 5.54 Å². The number of amides is 1. The predicted octanol–water partition coefficient (Wildman–Crippen LogP) is 2.18. The average Bonchev–Trinajstić information content (AvgIpc) is 2.80. The normalized spacial score (nSPS) is 23.4. The van der Waals surface area contributed by atoms with Crippen LogP contribution in [0.2, 0.25) is 0 Å². The van der Waals surface area contributed by atoms with Crippen molar-refractivity contribution in [1.29, 1.82) is 0 Å². The van der Waals surface area contributed by atoms with E-state index in [9.17, 15) is 9.90 Å². The number of nitrogens with zero attached hydrogens (tertiary/aromatic N) is 3. The van der Waals surface area contributed by atoms with Gasteiger partial charge in [0.15, 0.2) is 5.69 Å². The number of hydrogen-bond acceptors (Lipinski definition) is 3. The maximum Gasteiger partial charge on any atom is 0.274 e. The molecule has 21 heavy (non-hydrogen) atoms. The van der Waals surface area contributed by atoms with Crippen LogP contribution >= 0.6 is 0 Å². The largest absolute Gasteiger partial charge is 0.396 e. The number of likely N-dealkylation sites (tertiary alicyclic amines) is 1. The first-order valence-electron chi connectivity index (χ1n) is 7.73. The van der Waals surface area contributed by atoms with Crippen LogP contribution in [0.4, 0.5) is 0 Å². The molecule has 1 aromatic heterocycles. The van der Waals surface area contributed by atoms with E-state index in [0.717, 1.165) is 18.5 Å².